The van der Waals surface area contributed by atoms with Crippen LogP contribution in [0.15, 0.2) is 58.8 Å². The van der Waals surface area contributed by atoms with Gasteiger partial charge < -0.3 is 28.4 Å². The van der Waals surface area contributed by atoms with Crippen LogP contribution in [0.1, 0.15) is 30.1 Å². The molecule has 9 nitrogen and oxygen atoms in total. The fourth-order valence-corrected chi connectivity index (χ4v) is 3.26. The average molecular weight is 501 g/mol. The molecule has 1 aliphatic rings. The van der Waals surface area contributed by atoms with Crippen molar-refractivity contribution in [2.24, 2.45) is 15.6 Å². The Hall–Kier alpha value is -2.85. The Morgan fingerprint density at radius 2 is 1.47 bits per heavy atom. The van der Waals surface area contributed by atoms with E-state index in [2.05, 4.69) is 17.2 Å². The minimum Gasteiger partial charge on any atom is -0.491 e. The number of benzene rings is 2. The van der Waals surface area contributed by atoms with Gasteiger partial charge in [-0.1, -0.05) is 6.92 Å². The fraction of sp³-hybridized carbons (Fsp3) is 0.519. The van der Waals surface area contributed by atoms with Crippen molar-refractivity contribution in [1.29, 1.82) is 0 Å². The zero-order valence-electron chi connectivity index (χ0n) is 21.1. The van der Waals surface area contributed by atoms with Gasteiger partial charge in [-0.2, -0.15) is 10.2 Å². The zero-order chi connectivity index (χ0) is 25.5. The molecule has 1 fully saturated rings. The number of nitrogens with zero attached hydrogens (tertiary/aromatic N) is 2. The largest absolute Gasteiger partial charge is 0.491 e. The minimum atomic E-state index is -0.349. The Balaban J connectivity index is 1.30. The fourth-order valence-electron chi connectivity index (χ4n) is 3.26. The molecule has 0 spiro atoms. The summed E-state index contributed by atoms with van der Waals surface area (Å²) in [5.74, 6) is 0.385. The third-order valence-corrected chi connectivity index (χ3v) is 5.42. The number of ether oxygens (including phenoxy) is 6. The standard InChI is InChI=1S/C27H36N2O7/c1-27(20-34-21-27)19-33-13-3-4-14-36-26(30)22-5-7-23(8-6-22)28-29-24-9-11-25(12-10-24)35-18-17-32-16-15-31-2/h5-12H,3-4,13-21H2,1-2H3. The number of azo groups is 1. The van der Waals surface area contributed by atoms with E-state index in [1.54, 1.807) is 31.4 Å². The molecule has 1 aliphatic heterocycles. The van der Waals surface area contributed by atoms with Crippen LogP contribution in [0.3, 0.4) is 0 Å². The molecule has 1 saturated heterocycles. The van der Waals surface area contributed by atoms with E-state index in [1.807, 2.05) is 24.3 Å². The molecule has 0 aromatic heterocycles. The molecule has 0 amide bonds. The normalized spacial score (nSPS) is 14.5. The number of esters is 1. The number of carbonyl (C=O) groups excluding carboxylic acids is 1. The monoisotopic (exact) mass is 500 g/mol. The third-order valence-electron chi connectivity index (χ3n) is 5.42. The summed E-state index contributed by atoms with van der Waals surface area (Å²) in [4.78, 5) is 12.2. The number of hydrogen-bond donors (Lipinski definition) is 0. The quantitative estimate of drug-likeness (QED) is 0.169. The predicted molar refractivity (Wildman–Crippen MR) is 135 cm³/mol. The Labute approximate surface area is 212 Å². The number of rotatable bonds is 17. The van der Waals surface area contributed by atoms with E-state index >= 15 is 0 Å². The second-order valence-electron chi connectivity index (χ2n) is 8.89. The summed E-state index contributed by atoms with van der Waals surface area (Å²) in [5, 5.41) is 8.45. The first-order chi connectivity index (χ1) is 17.6. The van der Waals surface area contributed by atoms with Gasteiger partial charge in [-0.25, -0.2) is 4.79 Å². The maximum atomic E-state index is 12.2. The Morgan fingerprint density at radius 3 is 2.11 bits per heavy atom. The lowest BCUT2D eigenvalue weighted by molar-refractivity contribution is -0.138. The van der Waals surface area contributed by atoms with Crippen molar-refractivity contribution >= 4 is 17.3 Å². The highest BCUT2D eigenvalue weighted by Gasteiger charge is 2.33. The maximum Gasteiger partial charge on any atom is 0.338 e. The van der Waals surface area contributed by atoms with E-state index < -0.39 is 0 Å². The molecule has 0 atom stereocenters. The number of methoxy groups -OCH3 is 1. The van der Waals surface area contributed by atoms with Crippen LogP contribution in [0.25, 0.3) is 0 Å². The molecule has 0 unspecified atom stereocenters. The lowest BCUT2D eigenvalue weighted by atomic mass is 9.90. The maximum absolute atomic E-state index is 12.2. The second-order valence-corrected chi connectivity index (χ2v) is 8.89. The molecule has 1 heterocycles. The van der Waals surface area contributed by atoms with Gasteiger partial charge in [0.05, 0.1) is 63.2 Å². The van der Waals surface area contributed by atoms with E-state index in [9.17, 15) is 4.79 Å². The van der Waals surface area contributed by atoms with Crippen LogP contribution in [0.4, 0.5) is 11.4 Å². The van der Waals surface area contributed by atoms with Crippen molar-refractivity contribution in [1.82, 2.24) is 0 Å². The summed E-state index contributed by atoms with van der Waals surface area (Å²) in [6, 6.07) is 14.2. The summed E-state index contributed by atoms with van der Waals surface area (Å²) < 4.78 is 32.1. The molecular formula is C27H36N2O7. The highest BCUT2D eigenvalue weighted by atomic mass is 16.5. The highest BCUT2D eigenvalue weighted by Crippen LogP contribution is 2.26. The van der Waals surface area contributed by atoms with Crippen molar-refractivity contribution < 1.29 is 33.2 Å². The van der Waals surface area contributed by atoms with Crippen LogP contribution in [0.2, 0.25) is 0 Å². The Morgan fingerprint density at radius 1 is 0.833 bits per heavy atom. The Kier molecular flexibility index (Phi) is 11.8. The van der Waals surface area contributed by atoms with Crippen LogP contribution in [0, 0.1) is 5.41 Å². The van der Waals surface area contributed by atoms with Crippen LogP contribution < -0.4 is 4.74 Å². The van der Waals surface area contributed by atoms with Gasteiger partial charge in [0.1, 0.15) is 12.4 Å². The summed E-state index contributed by atoms with van der Waals surface area (Å²) in [7, 11) is 1.64. The molecular weight excluding hydrogens is 464 g/mol. The van der Waals surface area contributed by atoms with Crippen molar-refractivity contribution in [2.45, 2.75) is 19.8 Å². The molecule has 0 radical (unpaired) electrons. The number of unbranched alkanes of at least 4 members (excludes halogenated alkanes) is 1. The van der Waals surface area contributed by atoms with Gasteiger partial charge in [0.15, 0.2) is 0 Å². The van der Waals surface area contributed by atoms with Gasteiger partial charge in [0.2, 0.25) is 0 Å². The lowest BCUT2D eigenvalue weighted by Gasteiger charge is -2.37. The van der Waals surface area contributed by atoms with Gasteiger partial charge in [-0.15, -0.1) is 0 Å². The molecule has 2 aromatic carbocycles. The molecule has 36 heavy (non-hydrogen) atoms. The topological polar surface area (TPSA) is 97.2 Å². The minimum absolute atomic E-state index is 0.165. The number of hydrogen-bond acceptors (Lipinski definition) is 9. The summed E-state index contributed by atoms with van der Waals surface area (Å²) in [6.07, 6.45) is 1.61. The molecule has 2 aromatic rings. The molecule has 3 rings (SSSR count). The zero-order valence-corrected chi connectivity index (χ0v) is 21.1. The second kappa shape index (κ2) is 15.3. The average Bonchev–Trinajstić information content (AvgIpc) is 2.88. The first-order valence-electron chi connectivity index (χ1n) is 12.2. The summed E-state index contributed by atoms with van der Waals surface area (Å²) >= 11 is 0. The highest BCUT2D eigenvalue weighted by molar-refractivity contribution is 5.89. The van der Waals surface area contributed by atoms with Crippen LogP contribution in [0.5, 0.6) is 5.75 Å². The van der Waals surface area contributed by atoms with Crippen LogP contribution in [-0.2, 0) is 23.7 Å². The molecule has 196 valence electrons. The molecule has 0 N–H and O–H groups in total. The summed E-state index contributed by atoms with van der Waals surface area (Å²) in [6.45, 7) is 7.50. The van der Waals surface area contributed by atoms with E-state index in [0.29, 0.717) is 63.2 Å². The van der Waals surface area contributed by atoms with Gasteiger partial charge in [-0.3, -0.25) is 0 Å². The van der Waals surface area contributed by atoms with E-state index in [-0.39, 0.29) is 11.4 Å². The SMILES string of the molecule is COCCOCCOc1ccc(N=Nc2ccc(C(=O)OCCCCOCC3(C)COC3)cc2)cc1. The van der Waals surface area contributed by atoms with Crippen molar-refractivity contribution in [3.8, 4) is 5.75 Å². The van der Waals surface area contributed by atoms with Gasteiger partial charge in [0, 0.05) is 19.1 Å². The first kappa shape index (κ1) is 27.7. The lowest BCUT2D eigenvalue weighted by Crippen LogP contribution is -2.43. The number of carbonyl (C=O) groups is 1. The summed E-state index contributed by atoms with van der Waals surface area (Å²) in [5.41, 5.74) is 1.98. The Bertz CT molecular complexity index is 928. The third kappa shape index (κ3) is 10.0. The van der Waals surface area contributed by atoms with Crippen LogP contribution in [-0.4, -0.2) is 72.5 Å². The molecule has 9 heteroatoms. The van der Waals surface area contributed by atoms with E-state index in [0.717, 1.165) is 31.8 Å². The van der Waals surface area contributed by atoms with Crippen molar-refractivity contribution in [2.75, 3.05) is 66.6 Å². The van der Waals surface area contributed by atoms with Crippen molar-refractivity contribution in [3.63, 3.8) is 0 Å². The predicted octanol–water partition coefficient (Wildman–Crippen LogP) is 5.13. The first-order valence-corrected chi connectivity index (χ1v) is 12.2. The molecule has 0 aliphatic carbocycles. The smallest absolute Gasteiger partial charge is 0.338 e. The van der Waals surface area contributed by atoms with Crippen molar-refractivity contribution in [3.05, 3.63) is 54.1 Å². The van der Waals surface area contributed by atoms with E-state index in [1.165, 1.54) is 0 Å². The molecule has 0 saturated carbocycles. The van der Waals surface area contributed by atoms with Crippen LogP contribution >= 0.6 is 0 Å². The van der Waals surface area contributed by atoms with Gasteiger partial charge >= 0.3 is 5.97 Å². The molecule has 0 bridgehead atoms. The van der Waals surface area contributed by atoms with Gasteiger partial charge in [0.25, 0.3) is 0 Å². The van der Waals surface area contributed by atoms with Gasteiger partial charge in [-0.05, 0) is 61.4 Å². The van der Waals surface area contributed by atoms with E-state index in [4.69, 9.17) is 28.4 Å².